The summed E-state index contributed by atoms with van der Waals surface area (Å²) < 4.78 is 13.3. The maximum absolute atomic E-state index is 9.53. The third kappa shape index (κ3) is 5.97. The standard InChI is InChI=1S/C30H28N4O3/c1-36-30-20-28(37-21-26-4-2-3-14-31-26)12-9-24(30)8-11-27-19-25(33-34(27)16-17-35)10-6-22-5-7-23-13-15-32-29(23)18-22/h2-15,18-20,32,35H,16-17,21H2,1H3/b10-6+,11-8+. The van der Waals surface area contributed by atoms with Crippen molar-refractivity contribution in [3.63, 3.8) is 0 Å². The van der Waals surface area contributed by atoms with Crippen LogP contribution in [-0.2, 0) is 13.2 Å². The fourth-order valence-electron chi connectivity index (χ4n) is 4.03. The van der Waals surface area contributed by atoms with Gasteiger partial charge in [-0.25, -0.2) is 0 Å². The average Bonchev–Trinajstić information content (AvgIpc) is 3.57. The summed E-state index contributed by atoms with van der Waals surface area (Å²) in [5.74, 6) is 1.40. The van der Waals surface area contributed by atoms with Crippen LogP contribution in [0.4, 0.5) is 0 Å². The summed E-state index contributed by atoms with van der Waals surface area (Å²) in [6, 6.07) is 21.8. The fraction of sp³-hybridized carbons (Fsp3) is 0.133. The number of methoxy groups -OCH3 is 1. The Morgan fingerprint density at radius 3 is 2.76 bits per heavy atom. The van der Waals surface area contributed by atoms with E-state index in [-0.39, 0.29) is 6.61 Å². The first-order valence-corrected chi connectivity index (χ1v) is 12.0. The van der Waals surface area contributed by atoms with Gasteiger partial charge >= 0.3 is 0 Å². The van der Waals surface area contributed by atoms with Crippen molar-refractivity contribution in [1.29, 1.82) is 0 Å². The smallest absolute Gasteiger partial charge is 0.130 e. The molecule has 0 saturated carbocycles. The maximum Gasteiger partial charge on any atom is 0.130 e. The topological polar surface area (TPSA) is 85.2 Å². The van der Waals surface area contributed by atoms with Gasteiger partial charge in [0.1, 0.15) is 18.1 Å². The molecule has 37 heavy (non-hydrogen) atoms. The molecule has 0 spiro atoms. The Morgan fingerprint density at radius 1 is 0.973 bits per heavy atom. The predicted molar refractivity (Wildman–Crippen MR) is 147 cm³/mol. The number of nitrogens with zero attached hydrogens (tertiary/aromatic N) is 3. The number of hydrogen-bond donors (Lipinski definition) is 2. The maximum atomic E-state index is 9.53. The van der Waals surface area contributed by atoms with Crippen LogP contribution in [0.3, 0.4) is 0 Å². The molecule has 5 aromatic rings. The highest BCUT2D eigenvalue weighted by Gasteiger charge is 2.07. The highest BCUT2D eigenvalue weighted by Crippen LogP contribution is 2.27. The molecule has 186 valence electrons. The Kier molecular flexibility index (Phi) is 7.43. The Bertz CT molecular complexity index is 1530. The van der Waals surface area contributed by atoms with Gasteiger partial charge in [-0.1, -0.05) is 24.3 Å². The Labute approximate surface area is 215 Å². The van der Waals surface area contributed by atoms with E-state index in [1.165, 1.54) is 5.39 Å². The number of ether oxygens (including phenoxy) is 2. The van der Waals surface area contributed by atoms with Crippen LogP contribution in [0, 0.1) is 0 Å². The number of hydrogen-bond acceptors (Lipinski definition) is 5. The molecule has 0 bridgehead atoms. The van der Waals surface area contributed by atoms with Crippen molar-refractivity contribution in [3.8, 4) is 11.5 Å². The molecule has 0 fully saturated rings. The summed E-state index contributed by atoms with van der Waals surface area (Å²) in [5.41, 5.74) is 5.63. The van der Waals surface area contributed by atoms with Crippen LogP contribution in [0.25, 0.3) is 35.2 Å². The van der Waals surface area contributed by atoms with Gasteiger partial charge in [-0.15, -0.1) is 0 Å². The van der Waals surface area contributed by atoms with Crippen molar-refractivity contribution in [1.82, 2.24) is 19.7 Å². The number of nitrogens with one attached hydrogen (secondary N) is 1. The second kappa shape index (κ2) is 11.4. The number of pyridine rings is 1. The Morgan fingerprint density at radius 2 is 1.92 bits per heavy atom. The van der Waals surface area contributed by atoms with Crippen molar-refractivity contribution in [2.75, 3.05) is 13.7 Å². The molecule has 0 saturated heterocycles. The third-order valence-corrected chi connectivity index (χ3v) is 5.92. The van der Waals surface area contributed by atoms with E-state index in [1.807, 2.05) is 73.0 Å². The first-order chi connectivity index (χ1) is 18.2. The second-order valence-electron chi connectivity index (χ2n) is 8.45. The molecule has 5 rings (SSSR count). The zero-order valence-corrected chi connectivity index (χ0v) is 20.5. The van der Waals surface area contributed by atoms with E-state index >= 15 is 0 Å². The number of aliphatic hydroxyl groups is 1. The average molecular weight is 493 g/mol. The van der Waals surface area contributed by atoms with Crippen molar-refractivity contribution >= 4 is 35.2 Å². The molecule has 2 aromatic carbocycles. The van der Waals surface area contributed by atoms with E-state index in [0.717, 1.165) is 33.7 Å². The fourth-order valence-corrected chi connectivity index (χ4v) is 4.03. The van der Waals surface area contributed by atoms with E-state index < -0.39 is 0 Å². The van der Waals surface area contributed by atoms with Crippen LogP contribution < -0.4 is 9.47 Å². The molecule has 3 heterocycles. The van der Waals surface area contributed by atoms with Gasteiger partial charge < -0.3 is 19.6 Å². The molecule has 2 N–H and O–H groups in total. The lowest BCUT2D eigenvalue weighted by atomic mass is 10.1. The van der Waals surface area contributed by atoms with E-state index in [1.54, 1.807) is 18.0 Å². The summed E-state index contributed by atoms with van der Waals surface area (Å²) in [6.07, 6.45) is 11.6. The molecule has 0 radical (unpaired) electrons. The monoisotopic (exact) mass is 492 g/mol. The molecule has 7 heteroatoms. The van der Waals surface area contributed by atoms with Gasteiger partial charge in [0.25, 0.3) is 0 Å². The molecule has 0 amide bonds. The molecule has 7 nitrogen and oxygen atoms in total. The van der Waals surface area contributed by atoms with Gasteiger partial charge in [0.2, 0.25) is 0 Å². The summed E-state index contributed by atoms with van der Waals surface area (Å²) >= 11 is 0. The number of fused-ring (bicyclic) bond motifs is 1. The van der Waals surface area contributed by atoms with Crippen LogP contribution in [0.15, 0.2) is 79.1 Å². The van der Waals surface area contributed by atoms with Gasteiger partial charge in [-0.3, -0.25) is 9.67 Å². The largest absolute Gasteiger partial charge is 0.496 e. The number of aromatic amines is 1. The minimum atomic E-state index is 0.000788. The van der Waals surface area contributed by atoms with E-state index in [0.29, 0.717) is 24.7 Å². The summed E-state index contributed by atoms with van der Waals surface area (Å²) in [5, 5.41) is 15.4. The van der Waals surface area contributed by atoms with Crippen molar-refractivity contribution in [2.24, 2.45) is 0 Å². The van der Waals surface area contributed by atoms with E-state index in [2.05, 4.69) is 39.3 Å². The SMILES string of the molecule is COc1cc(OCc2ccccn2)ccc1/C=C/c1cc(/C=C/c2ccc3cc[nH]c3c2)nn1CCO. The summed E-state index contributed by atoms with van der Waals surface area (Å²) in [4.78, 5) is 7.52. The number of aromatic nitrogens is 4. The van der Waals surface area contributed by atoms with E-state index in [4.69, 9.17) is 9.47 Å². The quantitative estimate of drug-likeness (QED) is 0.262. The molecule has 0 aliphatic rings. The van der Waals surface area contributed by atoms with Crippen LogP contribution >= 0.6 is 0 Å². The molecule has 0 aliphatic heterocycles. The summed E-state index contributed by atoms with van der Waals surface area (Å²) in [7, 11) is 1.64. The zero-order chi connectivity index (χ0) is 25.5. The number of H-pyrrole nitrogens is 1. The van der Waals surface area contributed by atoms with Crippen molar-refractivity contribution < 1.29 is 14.6 Å². The van der Waals surface area contributed by atoms with Gasteiger partial charge in [0, 0.05) is 29.5 Å². The number of rotatable bonds is 10. The minimum absolute atomic E-state index is 0.000788. The number of aliphatic hydroxyl groups excluding tert-OH is 1. The normalized spacial score (nSPS) is 11.6. The Balaban J connectivity index is 1.32. The Hall–Kier alpha value is -4.62. The molecule has 3 aromatic heterocycles. The van der Waals surface area contributed by atoms with Gasteiger partial charge in [-0.05, 0) is 71.6 Å². The second-order valence-corrected chi connectivity index (χ2v) is 8.45. The van der Waals surface area contributed by atoms with Gasteiger partial charge in [0.15, 0.2) is 0 Å². The van der Waals surface area contributed by atoms with Gasteiger partial charge in [0.05, 0.1) is 37.3 Å². The molecule has 0 atom stereocenters. The lowest BCUT2D eigenvalue weighted by Gasteiger charge is -2.10. The molecule has 0 unspecified atom stereocenters. The highest BCUT2D eigenvalue weighted by atomic mass is 16.5. The third-order valence-electron chi connectivity index (χ3n) is 5.92. The highest BCUT2D eigenvalue weighted by molar-refractivity contribution is 5.83. The van der Waals surface area contributed by atoms with Crippen LogP contribution in [-0.4, -0.2) is 38.6 Å². The van der Waals surface area contributed by atoms with Crippen LogP contribution in [0.1, 0.15) is 28.2 Å². The molecule has 0 aliphatic carbocycles. The van der Waals surface area contributed by atoms with Crippen molar-refractivity contribution in [3.05, 3.63) is 107 Å². The lowest BCUT2D eigenvalue weighted by molar-refractivity contribution is 0.269. The first kappa shape index (κ1) is 24.1. The molecular formula is C30H28N4O3. The number of benzene rings is 2. The zero-order valence-electron chi connectivity index (χ0n) is 20.5. The van der Waals surface area contributed by atoms with E-state index in [9.17, 15) is 5.11 Å². The predicted octanol–water partition coefficient (Wildman–Crippen LogP) is 5.68. The lowest BCUT2D eigenvalue weighted by Crippen LogP contribution is -2.05. The van der Waals surface area contributed by atoms with Crippen LogP contribution in [0.2, 0.25) is 0 Å². The first-order valence-electron chi connectivity index (χ1n) is 12.0. The van der Waals surface area contributed by atoms with Gasteiger partial charge in [-0.2, -0.15) is 5.10 Å². The minimum Gasteiger partial charge on any atom is -0.496 e. The summed E-state index contributed by atoms with van der Waals surface area (Å²) in [6.45, 7) is 0.787. The van der Waals surface area contributed by atoms with Crippen molar-refractivity contribution in [2.45, 2.75) is 13.2 Å². The molecular weight excluding hydrogens is 464 g/mol. The van der Waals surface area contributed by atoms with Crippen LogP contribution in [0.5, 0.6) is 11.5 Å².